The molecule has 0 aliphatic heterocycles. The summed E-state index contributed by atoms with van der Waals surface area (Å²) in [6.45, 7) is 0. The molecule has 0 radical (unpaired) electrons. The van der Waals surface area contributed by atoms with Gasteiger partial charge in [0.2, 0.25) is 0 Å². The van der Waals surface area contributed by atoms with Crippen molar-refractivity contribution in [2.45, 2.75) is 37.7 Å². The van der Waals surface area contributed by atoms with Gasteiger partial charge in [-0.2, -0.15) is 0 Å². The number of hydrogen-bond donors (Lipinski definition) is 1. The quantitative estimate of drug-likeness (QED) is 0.797. The molecule has 0 amide bonds. The third-order valence-corrected chi connectivity index (χ3v) is 2.87. The van der Waals surface area contributed by atoms with Gasteiger partial charge in [-0.3, -0.25) is 0 Å². The predicted molar refractivity (Wildman–Crippen MR) is 50.8 cm³/mol. The number of rotatable bonds is 2. The van der Waals surface area contributed by atoms with E-state index in [0.717, 1.165) is 31.4 Å². The van der Waals surface area contributed by atoms with Crippen LogP contribution in [0.1, 0.15) is 31.4 Å². The minimum Gasteiger partial charge on any atom is -0.450 e. The van der Waals surface area contributed by atoms with Crippen molar-refractivity contribution in [2.75, 3.05) is 0 Å². The third-order valence-electron chi connectivity index (χ3n) is 2.67. The molecule has 0 aromatic carbocycles. The maximum atomic E-state index is 10.1. The summed E-state index contributed by atoms with van der Waals surface area (Å²) in [7, 11) is 0. The van der Waals surface area contributed by atoms with Gasteiger partial charge in [-0.05, 0) is 36.6 Å². The summed E-state index contributed by atoms with van der Waals surface area (Å²) in [4.78, 5) is 0. The van der Waals surface area contributed by atoms with Gasteiger partial charge in [-0.1, -0.05) is 12.8 Å². The fraction of sp³-hybridized carbons (Fsp3) is 0.600. The number of aliphatic hydroxyl groups is 1. The molecule has 0 atom stereocenters. The van der Waals surface area contributed by atoms with Gasteiger partial charge in [0.25, 0.3) is 0 Å². The Balaban J connectivity index is 2.04. The predicted octanol–water partition coefficient (Wildman–Crippen LogP) is 2.78. The summed E-state index contributed by atoms with van der Waals surface area (Å²) in [5, 5.41) is 10.5. The molecule has 0 saturated heterocycles. The van der Waals surface area contributed by atoms with Gasteiger partial charge in [0, 0.05) is 6.42 Å². The van der Waals surface area contributed by atoms with Crippen molar-refractivity contribution in [3.8, 4) is 0 Å². The van der Waals surface area contributed by atoms with Crippen molar-refractivity contribution in [2.24, 2.45) is 0 Å². The maximum Gasteiger partial charge on any atom is 0.193 e. The van der Waals surface area contributed by atoms with Crippen LogP contribution in [0.4, 0.5) is 0 Å². The smallest absolute Gasteiger partial charge is 0.193 e. The van der Waals surface area contributed by atoms with E-state index in [4.69, 9.17) is 16.0 Å². The van der Waals surface area contributed by atoms with Crippen molar-refractivity contribution in [1.29, 1.82) is 0 Å². The average molecular weight is 201 g/mol. The number of hydrogen-bond acceptors (Lipinski definition) is 2. The van der Waals surface area contributed by atoms with Gasteiger partial charge in [-0.25, -0.2) is 0 Å². The molecule has 1 fully saturated rings. The van der Waals surface area contributed by atoms with Crippen LogP contribution in [0.3, 0.4) is 0 Å². The van der Waals surface area contributed by atoms with Crippen molar-refractivity contribution in [3.63, 3.8) is 0 Å². The van der Waals surface area contributed by atoms with Crippen LogP contribution in [0.5, 0.6) is 0 Å². The second-order valence-electron chi connectivity index (χ2n) is 3.81. The molecule has 0 bridgehead atoms. The Morgan fingerprint density at radius 2 is 2.08 bits per heavy atom. The fourth-order valence-corrected chi connectivity index (χ4v) is 2.14. The highest BCUT2D eigenvalue weighted by Crippen LogP contribution is 2.33. The Bertz CT molecular complexity index is 287. The van der Waals surface area contributed by atoms with Gasteiger partial charge >= 0.3 is 0 Å². The molecular weight excluding hydrogens is 188 g/mol. The summed E-state index contributed by atoms with van der Waals surface area (Å²) in [6, 6.07) is 3.55. The summed E-state index contributed by atoms with van der Waals surface area (Å²) in [5.41, 5.74) is -0.540. The van der Waals surface area contributed by atoms with Crippen LogP contribution < -0.4 is 0 Å². The van der Waals surface area contributed by atoms with Gasteiger partial charge in [0.1, 0.15) is 5.76 Å². The highest BCUT2D eigenvalue weighted by Gasteiger charge is 2.32. The summed E-state index contributed by atoms with van der Waals surface area (Å²) >= 11 is 5.64. The van der Waals surface area contributed by atoms with E-state index in [1.54, 1.807) is 6.07 Å². The van der Waals surface area contributed by atoms with E-state index < -0.39 is 5.60 Å². The Kier molecular flexibility index (Phi) is 2.35. The lowest BCUT2D eigenvalue weighted by Gasteiger charge is -2.19. The standard InChI is InChI=1S/C10H13ClO2/c11-9-4-3-8(13-9)7-10(12)5-1-2-6-10/h3-4,12H,1-2,5-7H2. The Morgan fingerprint density at radius 1 is 1.38 bits per heavy atom. The number of furan rings is 1. The zero-order chi connectivity index (χ0) is 9.31. The summed E-state index contributed by atoms with van der Waals surface area (Å²) < 4.78 is 5.22. The average Bonchev–Trinajstić information content (AvgIpc) is 2.62. The minimum atomic E-state index is -0.540. The van der Waals surface area contributed by atoms with Crippen LogP contribution >= 0.6 is 11.6 Å². The molecule has 2 rings (SSSR count). The van der Waals surface area contributed by atoms with Gasteiger partial charge in [-0.15, -0.1) is 0 Å². The largest absolute Gasteiger partial charge is 0.450 e. The van der Waals surface area contributed by atoms with Crippen molar-refractivity contribution in [3.05, 3.63) is 23.1 Å². The first-order valence-electron chi connectivity index (χ1n) is 4.65. The molecule has 1 aromatic heterocycles. The van der Waals surface area contributed by atoms with Gasteiger partial charge in [0.15, 0.2) is 5.22 Å². The first-order valence-corrected chi connectivity index (χ1v) is 5.02. The molecule has 72 valence electrons. The highest BCUT2D eigenvalue weighted by molar-refractivity contribution is 6.28. The second-order valence-corrected chi connectivity index (χ2v) is 4.19. The molecule has 1 heterocycles. The van der Waals surface area contributed by atoms with E-state index >= 15 is 0 Å². The fourth-order valence-electron chi connectivity index (χ4n) is 1.98. The zero-order valence-electron chi connectivity index (χ0n) is 7.42. The Hall–Kier alpha value is -0.470. The lowest BCUT2D eigenvalue weighted by atomic mass is 9.97. The van der Waals surface area contributed by atoms with Crippen LogP contribution in [0.25, 0.3) is 0 Å². The monoisotopic (exact) mass is 200 g/mol. The van der Waals surface area contributed by atoms with Crippen molar-refractivity contribution >= 4 is 11.6 Å². The lowest BCUT2D eigenvalue weighted by molar-refractivity contribution is 0.0431. The second kappa shape index (κ2) is 3.35. The SMILES string of the molecule is OC1(Cc2ccc(Cl)o2)CCCC1. The van der Waals surface area contributed by atoms with E-state index in [9.17, 15) is 5.11 Å². The number of halogens is 1. The van der Waals surface area contributed by atoms with E-state index in [1.807, 2.05) is 6.07 Å². The molecule has 13 heavy (non-hydrogen) atoms. The topological polar surface area (TPSA) is 33.4 Å². The van der Waals surface area contributed by atoms with Crippen LogP contribution in [-0.2, 0) is 6.42 Å². The van der Waals surface area contributed by atoms with E-state index in [2.05, 4.69) is 0 Å². The molecule has 1 aromatic rings. The summed E-state index contributed by atoms with van der Waals surface area (Å²) in [5.74, 6) is 0.786. The molecule has 1 aliphatic carbocycles. The Morgan fingerprint density at radius 3 is 2.62 bits per heavy atom. The third kappa shape index (κ3) is 2.06. The van der Waals surface area contributed by atoms with Gasteiger partial charge < -0.3 is 9.52 Å². The minimum absolute atomic E-state index is 0.400. The molecular formula is C10H13ClO2. The molecule has 0 spiro atoms. The molecule has 3 heteroatoms. The van der Waals surface area contributed by atoms with E-state index in [0.29, 0.717) is 11.6 Å². The first-order chi connectivity index (χ1) is 6.18. The molecule has 2 nitrogen and oxygen atoms in total. The van der Waals surface area contributed by atoms with E-state index in [-0.39, 0.29) is 0 Å². The highest BCUT2D eigenvalue weighted by atomic mass is 35.5. The van der Waals surface area contributed by atoms with Crippen molar-refractivity contribution < 1.29 is 9.52 Å². The molecule has 1 N–H and O–H groups in total. The molecule has 1 aliphatic rings. The first kappa shape index (κ1) is 9.10. The van der Waals surface area contributed by atoms with Crippen LogP contribution in [0.2, 0.25) is 5.22 Å². The normalized spacial score (nSPS) is 20.8. The summed E-state index contributed by atoms with van der Waals surface area (Å²) in [6.07, 6.45) is 4.59. The van der Waals surface area contributed by atoms with Gasteiger partial charge in [0.05, 0.1) is 5.60 Å². The Labute approximate surface area is 82.5 Å². The van der Waals surface area contributed by atoms with Crippen molar-refractivity contribution in [1.82, 2.24) is 0 Å². The van der Waals surface area contributed by atoms with E-state index in [1.165, 1.54) is 0 Å². The molecule has 0 unspecified atom stereocenters. The zero-order valence-corrected chi connectivity index (χ0v) is 8.18. The van der Waals surface area contributed by atoms with Crippen LogP contribution in [-0.4, -0.2) is 10.7 Å². The maximum absolute atomic E-state index is 10.1. The van der Waals surface area contributed by atoms with Crippen LogP contribution in [0.15, 0.2) is 16.5 Å². The molecule has 1 saturated carbocycles. The lowest BCUT2D eigenvalue weighted by Crippen LogP contribution is -2.26. The van der Waals surface area contributed by atoms with Crippen LogP contribution in [0, 0.1) is 0 Å².